The van der Waals surface area contributed by atoms with E-state index in [0.29, 0.717) is 34.6 Å². The minimum Gasteiger partial charge on any atom is -0.488 e. The largest absolute Gasteiger partial charge is 0.488 e. The second-order valence-corrected chi connectivity index (χ2v) is 8.83. The van der Waals surface area contributed by atoms with Crippen molar-refractivity contribution in [3.8, 4) is 5.75 Å². The molecule has 0 saturated carbocycles. The third-order valence-electron chi connectivity index (χ3n) is 5.20. The molecule has 170 valence electrons. The van der Waals surface area contributed by atoms with Crippen LogP contribution in [0, 0.1) is 0 Å². The molecule has 0 bridgehead atoms. The summed E-state index contributed by atoms with van der Waals surface area (Å²) in [6.07, 6.45) is -0.239. The van der Waals surface area contributed by atoms with E-state index >= 15 is 0 Å². The number of fused-ring (bicyclic) bond motifs is 1. The van der Waals surface area contributed by atoms with Crippen LogP contribution in [0.4, 0.5) is 0 Å². The van der Waals surface area contributed by atoms with E-state index in [0.717, 1.165) is 16.5 Å². The molecule has 0 spiro atoms. The quantitative estimate of drug-likeness (QED) is 0.408. The molecule has 1 aliphatic heterocycles. The normalized spacial score (nSPS) is 17.6. The van der Waals surface area contributed by atoms with Crippen molar-refractivity contribution in [3.63, 3.8) is 0 Å². The maximum atomic E-state index is 13.0. The Morgan fingerprint density at radius 3 is 2.66 bits per heavy atom. The number of carbonyl (C=O) groups excluding carboxylic acids is 1. The van der Waals surface area contributed by atoms with E-state index in [1.54, 1.807) is 19.1 Å². The second-order valence-electron chi connectivity index (χ2n) is 8.01. The van der Waals surface area contributed by atoms with E-state index in [2.05, 4.69) is 0 Å². The van der Waals surface area contributed by atoms with Crippen LogP contribution >= 0.6 is 23.2 Å². The molecule has 0 aliphatic carbocycles. The Bertz CT molecular complexity index is 1140. The van der Waals surface area contributed by atoms with Crippen LogP contribution in [0.3, 0.4) is 0 Å². The van der Waals surface area contributed by atoms with Gasteiger partial charge in [0.1, 0.15) is 12.7 Å². The van der Waals surface area contributed by atoms with Gasteiger partial charge in [-0.05, 0) is 50.6 Å². The lowest BCUT2D eigenvalue weighted by atomic mass is 10.2. The van der Waals surface area contributed by atoms with Gasteiger partial charge in [-0.1, -0.05) is 41.4 Å². The summed E-state index contributed by atoms with van der Waals surface area (Å²) in [5, 5.41) is 1.74. The van der Waals surface area contributed by atoms with Gasteiger partial charge in [0.05, 0.1) is 28.8 Å². The predicted octanol–water partition coefficient (Wildman–Crippen LogP) is 5.70. The summed E-state index contributed by atoms with van der Waals surface area (Å²) >= 11 is 12.3. The molecule has 2 heterocycles. The highest BCUT2D eigenvalue weighted by Crippen LogP contribution is 2.36. The predicted molar refractivity (Wildman–Crippen MR) is 124 cm³/mol. The molecule has 0 N–H and O–H groups in total. The van der Waals surface area contributed by atoms with E-state index in [1.165, 1.54) is 0 Å². The Morgan fingerprint density at radius 1 is 1.19 bits per heavy atom. The lowest BCUT2D eigenvalue weighted by Crippen LogP contribution is -2.25. The highest BCUT2D eigenvalue weighted by molar-refractivity contribution is 6.42. The van der Waals surface area contributed by atoms with Gasteiger partial charge in [0.2, 0.25) is 0 Å². The maximum absolute atomic E-state index is 13.0. The molecule has 1 fully saturated rings. The van der Waals surface area contributed by atoms with Crippen molar-refractivity contribution in [2.24, 2.45) is 0 Å². The van der Waals surface area contributed by atoms with Crippen molar-refractivity contribution >= 4 is 40.1 Å². The zero-order chi connectivity index (χ0) is 22.9. The molecule has 1 unspecified atom stereocenters. The molecule has 6 nitrogen and oxygen atoms in total. The van der Waals surface area contributed by atoms with Crippen molar-refractivity contribution in [1.29, 1.82) is 0 Å². The van der Waals surface area contributed by atoms with E-state index < -0.39 is 11.8 Å². The molecule has 0 amide bonds. The van der Waals surface area contributed by atoms with Crippen molar-refractivity contribution in [3.05, 3.63) is 63.8 Å². The third kappa shape index (κ3) is 4.74. The van der Waals surface area contributed by atoms with Crippen LogP contribution < -0.4 is 4.74 Å². The molecule has 2 aromatic carbocycles. The summed E-state index contributed by atoms with van der Waals surface area (Å²) in [6, 6.07) is 13.1. The van der Waals surface area contributed by atoms with Crippen LogP contribution in [0.5, 0.6) is 5.75 Å². The van der Waals surface area contributed by atoms with E-state index in [-0.39, 0.29) is 19.3 Å². The average Bonchev–Trinajstić information content (AvgIpc) is 3.26. The standard InChI is InChI=1S/C24H25Cl2NO5/c1-4-29-23(28)21-22(30-13-16-14-31-24(2,3)32-16)17-7-5-6-8-20(17)27(21)12-15-9-10-18(25)19(26)11-15/h5-11,16H,4,12-14H2,1-3H3. The van der Waals surface area contributed by atoms with Gasteiger partial charge < -0.3 is 23.5 Å². The average molecular weight is 478 g/mol. The first kappa shape index (κ1) is 22.9. The van der Waals surface area contributed by atoms with Crippen LogP contribution in [0.25, 0.3) is 10.9 Å². The Kier molecular flexibility index (Phi) is 6.67. The van der Waals surface area contributed by atoms with Gasteiger partial charge >= 0.3 is 5.97 Å². The van der Waals surface area contributed by atoms with Gasteiger partial charge in [0.25, 0.3) is 0 Å². The fraction of sp³-hybridized carbons (Fsp3) is 0.375. The highest BCUT2D eigenvalue weighted by atomic mass is 35.5. The molecular weight excluding hydrogens is 453 g/mol. The summed E-state index contributed by atoms with van der Waals surface area (Å²) in [4.78, 5) is 13.0. The summed E-state index contributed by atoms with van der Waals surface area (Å²) in [7, 11) is 0. The lowest BCUT2D eigenvalue weighted by molar-refractivity contribution is -0.141. The first-order valence-corrected chi connectivity index (χ1v) is 11.2. The molecular formula is C24H25Cl2NO5. The SMILES string of the molecule is CCOC(=O)c1c(OCC2COC(C)(C)O2)c2ccccc2n1Cc1ccc(Cl)c(Cl)c1. The third-order valence-corrected chi connectivity index (χ3v) is 5.94. The van der Waals surface area contributed by atoms with Gasteiger partial charge in [-0.3, -0.25) is 0 Å². The summed E-state index contributed by atoms with van der Waals surface area (Å²) < 4.78 is 24.9. The molecule has 8 heteroatoms. The van der Waals surface area contributed by atoms with Gasteiger partial charge in [-0.15, -0.1) is 0 Å². The topological polar surface area (TPSA) is 58.9 Å². The zero-order valence-corrected chi connectivity index (χ0v) is 19.7. The van der Waals surface area contributed by atoms with Crippen LogP contribution in [0.15, 0.2) is 42.5 Å². The van der Waals surface area contributed by atoms with Crippen molar-refractivity contribution in [1.82, 2.24) is 4.57 Å². The number of nitrogens with zero attached hydrogens (tertiary/aromatic N) is 1. The second kappa shape index (κ2) is 9.32. The van der Waals surface area contributed by atoms with E-state index in [1.807, 2.05) is 48.7 Å². The maximum Gasteiger partial charge on any atom is 0.358 e. The van der Waals surface area contributed by atoms with Crippen LogP contribution in [-0.4, -0.2) is 42.2 Å². The number of hydrogen-bond acceptors (Lipinski definition) is 5. The number of benzene rings is 2. The van der Waals surface area contributed by atoms with Crippen LogP contribution in [0.1, 0.15) is 36.8 Å². The zero-order valence-electron chi connectivity index (χ0n) is 18.2. The number of aromatic nitrogens is 1. The van der Waals surface area contributed by atoms with E-state index in [4.69, 9.17) is 42.1 Å². The smallest absolute Gasteiger partial charge is 0.358 e. The fourth-order valence-electron chi connectivity index (χ4n) is 3.83. The molecule has 1 aliphatic rings. The molecule has 0 radical (unpaired) electrons. The summed E-state index contributed by atoms with van der Waals surface area (Å²) in [5.41, 5.74) is 2.09. The lowest BCUT2D eigenvalue weighted by Gasteiger charge is -2.17. The monoisotopic (exact) mass is 477 g/mol. The van der Waals surface area contributed by atoms with Gasteiger partial charge in [0, 0.05) is 11.9 Å². The van der Waals surface area contributed by atoms with Gasteiger partial charge in [-0.2, -0.15) is 0 Å². The van der Waals surface area contributed by atoms with Gasteiger partial charge in [0.15, 0.2) is 17.2 Å². The van der Waals surface area contributed by atoms with Crippen LogP contribution in [0.2, 0.25) is 10.0 Å². The number of para-hydroxylation sites is 1. The molecule has 1 aromatic heterocycles. The summed E-state index contributed by atoms with van der Waals surface area (Å²) in [5.74, 6) is -0.644. The van der Waals surface area contributed by atoms with Crippen LogP contribution in [-0.2, 0) is 20.8 Å². The van der Waals surface area contributed by atoms with Crippen molar-refractivity contribution in [2.75, 3.05) is 19.8 Å². The number of rotatable bonds is 7. The Hall–Kier alpha value is -2.25. The molecule has 32 heavy (non-hydrogen) atoms. The first-order valence-electron chi connectivity index (χ1n) is 10.5. The Morgan fingerprint density at radius 2 is 1.97 bits per heavy atom. The van der Waals surface area contributed by atoms with Crippen molar-refractivity contribution in [2.45, 2.75) is 39.2 Å². The summed E-state index contributed by atoms with van der Waals surface area (Å²) in [6.45, 7) is 6.81. The number of hydrogen-bond donors (Lipinski definition) is 0. The Labute approximate surface area is 196 Å². The Balaban J connectivity index is 1.75. The minimum absolute atomic E-state index is 0.239. The molecule has 4 rings (SSSR count). The molecule has 3 aromatic rings. The first-order chi connectivity index (χ1) is 15.3. The number of carbonyl (C=O) groups is 1. The molecule has 1 saturated heterocycles. The number of halogens is 2. The number of esters is 1. The highest BCUT2D eigenvalue weighted by Gasteiger charge is 2.34. The molecule has 1 atom stereocenters. The van der Waals surface area contributed by atoms with E-state index in [9.17, 15) is 4.79 Å². The van der Waals surface area contributed by atoms with Gasteiger partial charge in [-0.25, -0.2) is 4.79 Å². The minimum atomic E-state index is -0.653. The number of ether oxygens (including phenoxy) is 4. The fourth-order valence-corrected chi connectivity index (χ4v) is 4.15. The van der Waals surface area contributed by atoms with Crippen molar-refractivity contribution < 1.29 is 23.7 Å².